The largest absolute Gasteiger partial charge is 0.289 e. The van der Waals surface area contributed by atoms with Gasteiger partial charge < -0.3 is 0 Å². The molecule has 0 aliphatic carbocycles. The molecular weight excluding hydrogens is 334 g/mol. The highest BCUT2D eigenvalue weighted by Crippen LogP contribution is 2.26. The van der Waals surface area contributed by atoms with Crippen molar-refractivity contribution in [2.45, 2.75) is 10.8 Å². The summed E-state index contributed by atoms with van der Waals surface area (Å²) in [4.78, 5) is 16.4. The molecule has 0 fully saturated rings. The van der Waals surface area contributed by atoms with Gasteiger partial charge in [-0.15, -0.1) is 23.1 Å². The minimum Gasteiger partial charge on any atom is -0.289 e. The van der Waals surface area contributed by atoms with E-state index in [1.165, 1.54) is 11.3 Å². The predicted octanol–water partition coefficient (Wildman–Crippen LogP) is 2.80. The number of amides is 1. The number of thiophene rings is 1. The van der Waals surface area contributed by atoms with E-state index in [1.54, 1.807) is 18.0 Å². The van der Waals surface area contributed by atoms with Crippen LogP contribution >= 0.6 is 39.0 Å². The van der Waals surface area contributed by atoms with Crippen molar-refractivity contribution in [1.29, 1.82) is 0 Å². The Kier molecular flexibility index (Phi) is 4.76. The average Bonchev–Trinajstić information content (AvgIpc) is 2.85. The second-order valence-corrected chi connectivity index (χ2v) is 6.18. The summed E-state index contributed by atoms with van der Waals surface area (Å²) < 4.78 is 0.950. The summed E-state index contributed by atoms with van der Waals surface area (Å²) in [6.45, 7) is 0. The summed E-state index contributed by atoms with van der Waals surface area (Å²) in [5.41, 5.74) is 3.12. The third-order valence-corrected chi connectivity index (χ3v) is 4.58. The number of nitrogens with zero attached hydrogens (tertiary/aromatic N) is 1. The van der Waals surface area contributed by atoms with Gasteiger partial charge in [-0.3, -0.25) is 10.2 Å². The lowest BCUT2D eigenvalue weighted by Gasteiger charge is -2.02. The molecule has 0 aromatic carbocycles. The number of nitrogens with two attached hydrogens (primary N) is 1. The summed E-state index contributed by atoms with van der Waals surface area (Å²) in [7, 11) is 0. The standard InChI is InChI=1S/C11H10BrN3OS2/c12-8-1-2-9(14-5-8)18-6-7-3-4-17-10(7)11(16)15-13/h1-5H,6,13H2,(H,15,16). The Bertz CT molecular complexity index is 541. The minimum atomic E-state index is -0.246. The van der Waals surface area contributed by atoms with Crippen LogP contribution in [0.25, 0.3) is 0 Å². The number of rotatable bonds is 4. The van der Waals surface area contributed by atoms with Crippen molar-refractivity contribution in [1.82, 2.24) is 10.4 Å². The maximum atomic E-state index is 11.5. The Hall–Kier alpha value is -0.890. The van der Waals surface area contributed by atoms with E-state index in [9.17, 15) is 4.79 Å². The zero-order valence-corrected chi connectivity index (χ0v) is 12.4. The lowest BCUT2D eigenvalue weighted by molar-refractivity contribution is 0.0957. The van der Waals surface area contributed by atoms with Crippen molar-refractivity contribution in [2.75, 3.05) is 0 Å². The van der Waals surface area contributed by atoms with Gasteiger partial charge in [-0.2, -0.15) is 0 Å². The number of halogens is 1. The van der Waals surface area contributed by atoms with E-state index in [4.69, 9.17) is 5.84 Å². The molecule has 0 aliphatic heterocycles. The summed E-state index contributed by atoms with van der Waals surface area (Å²) in [5, 5.41) is 2.80. The molecule has 7 heteroatoms. The number of carbonyl (C=O) groups is 1. The predicted molar refractivity (Wildman–Crippen MR) is 77.5 cm³/mol. The van der Waals surface area contributed by atoms with E-state index in [-0.39, 0.29) is 5.91 Å². The molecule has 0 atom stereocenters. The molecule has 0 bridgehead atoms. The third kappa shape index (κ3) is 3.32. The lowest BCUT2D eigenvalue weighted by Crippen LogP contribution is -2.29. The van der Waals surface area contributed by atoms with Crippen molar-refractivity contribution in [3.63, 3.8) is 0 Å². The number of thioether (sulfide) groups is 1. The zero-order chi connectivity index (χ0) is 13.0. The van der Waals surface area contributed by atoms with E-state index in [2.05, 4.69) is 26.3 Å². The van der Waals surface area contributed by atoms with Gasteiger partial charge in [0.25, 0.3) is 5.91 Å². The van der Waals surface area contributed by atoms with E-state index < -0.39 is 0 Å². The molecule has 0 unspecified atom stereocenters. The van der Waals surface area contributed by atoms with E-state index >= 15 is 0 Å². The Morgan fingerprint density at radius 3 is 3.00 bits per heavy atom. The second kappa shape index (κ2) is 6.33. The molecule has 0 aliphatic rings. The van der Waals surface area contributed by atoms with Crippen LogP contribution in [-0.4, -0.2) is 10.9 Å². The molecule has 18 heavy (non-hydrogen) atoms. The number of hydrogen-bond acceptors (Lipinski definition) is 5. The molecule has 2 heterocycles. The fourth-order valence-electron chi connectivity index (χ4n) is 1.31. The summed E-state index contributed by atoms with van der Waals surface area (Å²) in [5.74, 6) is 5.59. The molecule has 0 saturated carbocycles. The Morgan fingerprint density at radius 2 is 2.33 bits per heavy atom. The van der Waals surface area contributed by atoms with Crippen LogP contribution in [0.1, 0.15) is 15.2 Å². The van der Waals surface area contributed by atoms with E-state index in [0.29, 0.717) is 10.6 Å². The number of carbonyl (C=O) groups excluding carboxylic acids is 1. The van der Waals surface area contributed by atoms with Crippen molar-refractivity contribution < 1.29 is 4.79 Å². The molecule has 94 valence electrons. The van der Waals surface area contributed by atoms with Crippen molar-refractivity contribution in [3.05, 3.63) is 44.7 Å². The van der Waals surface area contributed by atoms with E-state index in [1.807, 2.05) is 23.6 Å². The molecule has 4 nitrogen and oxygen atoms in total. The summed E-state index contributed by atoms with van der Waals surface area (Å²) >= 11 is 6.31. The van der Waals surface area contributed by atoms with Crippen LogP contribution in [0.4, 0.5) is 0 Å². The van der Waals surface area contributed by atoms with Crippen LogP contribution < -0.4 is 11.3 Å². The lowest BCUT2D eigenvalue weighted by atomic mass is 10.3. The number of pyridine rings is 1. The second-order valence-electron chi connectivity index (χ2n) is 3.35. The minimum absolute atomic E-state index is 0.246. The molecule has 2 aromatic heterocycles. The van der Waals surface area contributed by atoms with Crippen LogP contribution in [0.5, 0.6) is 0 Å². The van der Waals surface area contributed by atoms with Gasteiger partial charge in [-0.05, 0) is 45.1 Å². The topological polar surface area (TPSA) is 68.0 Å². The van der Waals surface area contributed by atoms with Gasteiger partial charge >= 0.3 is 0 Å². The fourth-order valence-corrected chi connectivity index (χ4v) is 3.30. The highest BCUT2D eigenvalue weighted by molar-refractivity contribution is 9.10. The fraction of sp³-hybridized carbons (Fsp3) is 0.0909. The molecule has 3 N–H and O–H groups in total. The van der Waals surface area contributed by atoms with Gasteiger partial charge in [0.2, 0.25) is 0 Å². The van der Waals surface area contributed by atoms with Crippen LogP contribution in [0, 0.1) is 0 Å². The number of aromatic nitrogens is 1. The molecule has 0 spiro atoms. The summed E-state index contributed by atoms with van der Waals surface area (Å²) in [6, 6.07) is 5.81. The van der Waals surface area contributed by atoms with Crippen LogP contribution in [-0.2, 0) is 5.75 Å². The Morgan fingerprint density at radius 1 is 1.50 bits per heavy atom. The third-order valence-electron chi connectivity index (χ3n) is 2.16. The zero-order valence-electron chi connectivity index (χ0n) is 9.22. The molecule has 0 saturated heterocycles. The van der Waals surface area contributed by atoms with Crippen LogP contribution in [0.15, 0.2) is 39.3 Å². The number of hydrogen-bond donors (Lipinski definition) is 2. The Labute approximate surface area is 121 Å². The van der Waals surface area contributed by atoms with Gasteiger partial charge in [0, 0.05) is 16.4 Å². The highest BCUT2D eigenvalue weighted by Gasteiger charge is 2.12. The van der Waals surface area contributed by atoms with Crippen molar-refractivity contribution in [2.24, 2.45) is 5.84 Å². The van der Waals surface area contributed by atoms with Gasteiger partial charge in [0.15, 0.2) is 0 Å². The normalized spacial score (nSPS) is 10.3. The van der Waals surface area contributed by atoms with Gasteiger partial charge in [0.05, 0.1) is 9.90 Å². The van der Waals surface area contributed by atoms with Crippen LogP contribution in [0.3, 0.4) is 0 Å². The van der Waals surface area contributed by atoms with Crippen molar-refractivity contribution >= 4 is 44.9 Å². The maximum absolute atomic E-state index is 11.5. The first kappa shape index (κ1) is 13.5. The van der Waals surface area contributed by atoms with Gasteiger partial charge in [-0.25, -0.2) is 10.8 Å². The number of nitrogen functional groups attached to an aromatic ring is 1. The van der Waals surface area contributed by atoms with Crippen LogP contribution in [0.2, 0.25) is 0 Å². The molecule has 2 aromatic rings. The number of nitrogens with one attached hydrogen (secondary N) is 1. The molecule has 2 rings (SSSR count). The molecule has 1 amide bonds. The molecule has 0 radical (unpaired) electrons. The quantitative estimate of drug-likeness (QED) is 0.387. The summed E-state index contributed by atoms with van der Waals surface area (Å²) in [6.07, 6.45) is 1.75. The molecular formula is C11H10BrN3OS2. The van der Waals surface area contributed by atoms with Crippen molar-refractivity contribution in [3.8, 4) is 0 Å². The van der Waals surface area contributed by atoms with E-state index in [0.717, 1.165) is 15.1 Å². The maximum Gasteiger partial charge on any atom is 0.275 e. The monoisotopic (exact) mass is 343 g/mol. The number of hydrazine groups is 1. The first-order valence-corrected chi connectivity index (χ1v) is 7.68. The highest BCUT2D eigenvalue weighted by atomic mass is 79.9. The van der Waals surface area contributed by atoms with Gasteiger partial charge in [-0.1, -0.05) is 0 Å². The average molecular weight is 344 g/mol. The van der Waals surface area contributed by atoms with Gasteiger partial charge in [0.1, 0.15) is 0 Å². The Balaban J connectivity index is 2.04. The first-order chi connectivity index (χ1) is 8.70. The first-order valence-electron chi connectivity index (χ1n) is 5.02. The SMILES string of the molecule is NNC(=O)c1sccc1CSc1ccc(Br)cn1. The smallest absolute Gasteiger partial charge is 0.275 e.